The average Bonchev–Trinajstić information content (AvgIpc) is 3.83. The largest absolute Gasteiger partial charge is 0.497 e. The molecule has 6 aromatic rings. The van der Waals surface area contributed by atoms with Gasteiger partial charge < -0.3 is 32.6 Å². The molecule has 11 heteroatoms. The Hall–Kier alpha value is -5.55. The fourth-order valence-corrected chi connectivity index (χ4v) is 10.1. The molecule has 4 atom stereocenters. The van der Waals surface area contributed by atoms with Crippen LogP contribution in [0, 0.1) is 22.7 Å². The third-order valence-corrected chi connectivity index (χ3v) is 13.2. The minimum Gasteiger partial charge on any atom is -0.497 e. The predicted molar refractivity (Wildman–Crippen MR) is 241 cm³/mol. The molecule has 5 aromatic carbocycles. The van der Waals surface area contributed by atoms with Gasteiger partial charge in [-0.15, -0.1) is 0 Å². The first kappa shape index (κ1) is 43.5. The maximum absolute atomic E-state index is 9.47. The molecule has 0 N–H and O–H groups in total. The molecule has 0 aliphatic carbocycles. The summed E-state index contributed by atoms with van der Waals surface area (Å²) in [6.45, 7) is 8.94. The van der Waals surface area contributed by atoms with Gasteiger partial charge in [-0.1, -0.05) is 78.9 Å². The Labute approximate surface area is 360 Å². The number of ether oxygens (including phenoxy) is 4. The Kier molecular flexibility index (Phi) is 14.2. The van der Waals surface area contributed by atoms with Crippen LogP contribution in [0.1, 0.15) is 69.0 Å². The van der Waals surface area contributed by atoms with Crippen molar-refractivity contribution in [3.8, 4) is 23.6 Å². The topological polar surface area (TPSA) is 111 Å². The summed E-state index contributed by atoms with van der Waals surface area (Å²) < 4.78 is 44.0. The van der Waals surface area contributed by atoms with Crippen molar-refractivity contribution >= 4 is 36.4 Å². The van der Waals surface area contributed by atoms with Crippen LogP contribution < -0.4 is 9.47 Å². The zero-order valence-corrected chi connectivity index (χ0v) is 36.5. The first-order valence-corrected chi connectivity index (χ1v) is 21.8. The Bertz CT molecular complexity index is 2440. The van der Waals surface area contributed by atoms with Gasteiger partial charge in [0.15, 0.2) is 0 Å². The molecule has 2 heterocycles. The van der Waals surface area contributed by atoms with Gasteiger partial charge in [0.2, 0.25) is 0 Å². The Morgan fingerprint density at radius 2 is 1.39 bits per heavy atom. The van der Waals surface area contributed by atoms with E-state index in [0.717, 1.165) is 55.6 Å². The predicted octanol–water partition coefficient (Wildman–Crippen LogP) is 11.3. The minimum atomic E-state index is -1.61. The highest BCUT2D eigenvalue weighted by molar-refractivity contribution is 7.44. The Balaban J connectivity index is 1.35. The van der Waals surface area contributed by atoms with Gasteiger partial charge in [-0.05, 0) is 98.5 Å². The van der Waals surface area contributed by atoms with E-state index >= 15 is 0 Å². The molecule has 1 aliphatic heterocycles. The molecule has 61 heavy (non-hydrogen) atoms. The number of fused-ring (bicyclic) bond motifs is 3. The third-order valence-electron chi connectivity index (χ3n) is 11.1. The quantitative estimate of drug-likeness (QED) is 0.0361. The lowest BCUT2D eigenvalue weighted by Crippen LogP contribution is -2.39. The van der Waals surface area contributed by atoms with Gasteiger partial charge in [0.25, 0.3) is 8.53 Å². The molecule has 314 valence electrons. The Morgan fingerprint density at radius 3 is 2.00 bits per heavy atom. The second-order valence-corrected chi connectivity index (χ2v) is 16.9. The maximum atomic E-state index is 9.47. The van der Waals surface area contributed by atoms with Crippen LogP contribution >= 0.6 is 8.53 Å². The molecular weight excluding hydrogens is 784 g/mol. The maximum Gasteiger partial charge on any atom is 0.259 e. The molecule has 0 bridgehead atoms. The second-order valence-electron chi connectivity index (χ2n) is 15.5. The van der Waals surface area contributed by atoms with Crippen molar-refractivity contribution in [3.05, 3.63) is 150 Å². The van der Waals surface area contributed by atoms with E-state index in [1.165, 1.54) is 6.08 Å². The molecule has 0 radical (unpaired) electrons. The summed E-state index contributed by atoms with van der Waals surface area (Å²) in [5, 5.41) is 20.9. The van der Waals surface area contributed by atoms with Crippen molar-refractivity contribution in [2.75, 3.05) is 27.4 Å². The number of aromatic nitrogens is 1. The molecular formula is C50H53N4O6P. The summed E-state index contributed by atoms with van der Waals surface area (Å²) in [5.41, 5.74) is 4.65. The SMILES string of the molecule is COc1ccc(C(OC[C@H]2O[C@@H](n3c4ccccc4c4cc(/C=C/C#N)ccc43)CC2OP(OCCC#N)N(C(C)C)C(C)C)(c2ccccc2)c2ccc(OC)cc2)cc1. The first-order chi connectivity index (χ1) is 29.7. The van der Waals surface area contributed by atoms with E-state index < -0.39 is 32.6 Å². The lowest BCUT2D eigenvalue weighted by Gasteiger charge is -2.39. The average molecular weight is 837 g/mol. The third kappa shape index (κ3) is 9.22. The van der Waals surface area contributed by atoms with E-state index in [0.29, 0.717) is 6.42 Å². The number of methoxy groups -OCH3 is 2. The van der Waals surface area contributed by atoms with E-state index in [9.17, 15) is 10.5 Å². The van der Waals surface area contributed by atoms with Crippen molar-refractivity contribution < 1.29 is 28.0 Å². The molecule has 10 nitrogen and oxygen atoms in total. The van der Waals surface area contributed by atoms with Gasteiger partial charge >= 0.3 is 0 Å². The fourth-order valence-electron chi connectivity index (χ4n) is 8.38. The highest BCUT2D eigenvalue weighted by Crippen LogP contribution is 2.51. The summed E-state index contributed by atoms with van der Waals surface area (Å²) in [6.07, 6.45) is 2.62. The van der Waals surface area contributed by atoms with Crippen LogP contribution in [-0.2, 0) is 24.1 Å². The van der Waals surface area contributed by atoms with Crippen molar-refractivity contribution in [1.82, 2.24) is 9.24 Å². The summed E-state index contributed by atoms with van der Waals surface area (Å²) in [4.78, 5) is 0. The molecule has 0 spiro atoms. The van der Waals surface area contributed by atoms with Gasteiger partial charge in [0.1, 0.15) is 29.4 Å². The van der Waals surface area contributed by atoms with E-state index in [2.05, 4.69) is 85.5 Å². The number of benzene rings is 5. The van der Waals surface area contributed by atoms with Crippen LogP contribution in [-0.4, -0.2) is 61.0 Å². The summed E-state index contributed by atoms with van der Waals surface area (Å²) in [6, 6.07) is 45.4. The number of para-hydroxylation sites is 1. The van der Waals surface area contributed by atoms with Crippen molar-refractivity contribution in [3.63, 3.8) is 0 Å². The fraction of sp³-hybridized carbons (Fsp3) is 0.320. The highest BCUT2D eigenvalue weighted by Gasteiger charge is 2.45. The number of hydrogen-bond acceptors (Lipinski definition) is 9. The highest BCUT2D eigenvalue weighted by atomic mass is 31.2. The molecule has 0 amide bonds. The Morgan fingerprint density at radius 1 is 0.787 bits per heavy atom. The molecule has 1 saturated heterocycles. The van der Waals surface area contributed by atoms with Crippen molar-refractivity contribution in [2.24, 2.45) is 0 Å². The number of nitrogens with zero attached hydrogens (tertiary/aromatic N) is 4. The number of rotatable bonds is 18. The normalized spacial score (nSPS) is 17.4. The summed E-state index contributed by atoms with van der Waals surface area (Å²) in [5.74, 6) is 1.47. The minimum absolute atomic E-state index is 0.110. The number of nitriles is 2. The molecule has 1 fully saturated rings. The van der Waals surface area contributed by atoms with Crippen LogP contribution in [0.4, 0.5) is 0 Å². The van der Waals surface area contributed by atoms with E-state index in [1.54, 1.807) is 14.2 Å². The van der Waals surface area contributed by atoms with E-state index in [1.807, 2.05) is 91.0 Å². The van der Waals surface area contributed by atoms with Gasteiger partial charge in [-0.3, -0.25) is 0 Å². The first-order valence-electron chi connectivity index (χ1n) is 20.7. The van der Waals surface area contributed by atoms with Gasteiger partial charge in [-0.2, -0.15) is 10.5 Å². The van der Waals surface area contributed by atoms with Gasteiger partial charge in [0, 0.05) is 35.4 Å². The number of allylic oxidation sites excluding steroid dienone is 1. The lowest BCUT2D eigenvalue weighted by molar-refractivity contribution is -0.0904. The lowest BCUT2D eigenvalue weighted by atomic mass is 9.80. The van der Waals surface area contributed by atoms with Crippen LogP contribution in [0.25, 0.3) is 27.9 Å². The smallest absolute Gasteiger partial charge is 0.259 e. The number of hydrogen-bond donors (Lipinski definition) is 0. The monoisotopic (exact) mass is 836 g/mol. The molecule has 1 aliphatic rings. The van der Waals surface area contributed by atoms with Gasteiger partial charge in [0.05, 0.1) is 63.1 Å². The zero-order chi connectivity index (χ0) is 42.9. The van der Waals surface area contributed by atoms with E-state index in [4.69, 9.17) is 28.0 Å². The molecule has 0 saturated carbocycles. The van der Waals surface area contributed by atoms with Crippen molar-refractivity contribution in [1.29, 1.82) is 10.5 Å². The van der Waals surface area contributed by atoms with E-state index in [-0.39, 0.29) is 31.7 Å². The molecule has 1 aromatic heterocycles. The van der Waals surface area contributed by atoms with Crippen LogP contribution in [0.2, 0.25) is 0 Å². The zero-order valence-electron chi connectivity index (χ0n) is 35.6. The summed E-state index contributed by atoms with van der Waals surface area (Å²) >= 11 is 0. The summed E-state index contributed by atoms with van der Waals surface area (Å²) in [7, 11) is 1.71. The molecule has 7 rings (SSSR count). The second kappa shape index (κ2) is 19.9. The van der Waals surface area contributed by atoms with Gasteiger partial charge in [-0.25, -0.2) is 4.67 Å². The van der Waals surface area contributed by atoms with Crippen molar-refractivity contribution in [2.45, 2.75) is 76.7 Å². The van der Waals surface area contributed by atoms with Crippen LogP contribution in [0.15, 0.2) is 127 Å². The van der Waals surface area contributed by atoms with Crippen LogP contribution in [0.3, 0.4) is 0 Å². The standard InChI is InChI=1S/C50H53N4O6P/c1-35(2)54(36(3)4)61(58-31-13-30-52)60-47-33-49(53-45-18-11-10-17-43(45)44-32-37(14-12-29-51)19-28-46(44)53)59-48(47)34-57-50(38-15-8-7-9-16-38,39-20-24-41(55-5)25-21-39)40-22-26-42(56-6)27-23-40/h7-12,14-28,32,35-36,47-49H,13,31,33-34H2,1-6H3/b14-12+/t47?,48-,49-,61?/m1/s1. The van der Waals surface area contributed by atoms with Crippen LogP contribution in [0.5, 0.6) is 11.5 Å². The molecule has 2 unspecified atom stereocenters.